The predicted octanol–water partition coefficient (Wildman–Crippen LogP) is 4.66. The topological polar surface area (TPSA) is 65.1 Å². The summed E-state index contributed by atoms with van der Waals surface area (Å²) in [6, 6.07) is 0. The van der Waals surface area contributed by atoms with Crippen molar-refractivity contribution in [2.24, 2.45) is 34.0 Å². The molecule has 5 rings (SSSR count). The monoisotopic (exact) mass is 418 g/mol. The molecule has 5 heteroatoms. The first-order valence-electron chi connectivity index (χ1n) is 12.0. The maximum absolute atomic E-state index is 11.5. The Kier molecular flexibility index (Phi) is 4.48. The largest absolute Gasteiger partial charge is 0.466 e. The Labute approximate surface area is 180 Å². The van der Waals surface area contributed by atoms with Crippen molar-refractivity contribution in [3.8, 4) is 0 Å². The predicted molar refractivity (Wildman–Crippen MR) is 112 cm³/mol. The Hall–Kier alpha value is -1.10. The lowest BCUT2D eigenvalue weighted by molar-refractivity contribution is -0.192. The second-order valence-corrected chi connectivity index (χ2v) is 11.8. The van der Waals surface area contributed by atoms with Crippen LogP contribution in [0.15, 0.2) is 0 Å². The Balaban J connectivity index is 1.39. The van der Waals surface area contributed by atoms with Crippen molar-refractivity contribution in [3.63, 3.8) is 0 Å². The molecule has 168 valence electrons. The van der Waals surface area contributed by atoms with Crippen LogP contribution >= 0.6 is 0 Å². The van der Waals surface area contributed by atoms with Gasteiger partial charge in [-0.1, -0.05) is 20.8 Å². The smallest absolute Gasteiger partial charge is 0.302 e. The average molecular weight is 419 g/mol. The van der Waals surface area contributed by atoms with Gasteiger partial charge in [-0.05, 0) is 74.0 Å². The van der Waals surface area contributed by atoms with E-state index >= 15 is 0 Å². The number of carbonyl (C=O) groups is 2. The maximum Gasteiger partial charge on any atom is 0.302 e. The van der Waals surface area contributed by atoms with Crippen LogP contribution in [0.25, 0.3) is 0 Å². The van der Waals surface area contributed by atoms with Crippen LogP contribution in [0.5, 0.6) is 0 Å². The third kappa shape index (κ3) is 2.56. The van der Waals surface area contributed by atoms with E-state index in [1.807, 2.05) is 0 Å². The molecule has 0 N–H and O–H groups in total. The summed E-state index contributed by atoms with van der Waals surface area (Å²) in [4.78, 5) is 23.0. The molecule has 4 aliphatic carbocycles. The first-order valence-corrected chi connectivity index (χ1v) is 12.0. The third-order valence-corrected chi connectivity index (χ3v) is 10.8. The van der Waals surface area contributed by atoms with Gasteiger partial charge in [0, 0.05) is 25.2 Å². The van der Waals surface area contributed by atoms with Gasteiger partial charge in [-0.3, -0.25) is 9.59 Å². The number of esters is 2. The highest BCUT2D eigenvalue weighted by atomic mass is 16.6. The van der Waals surface area contributed by atoms with Gasteiger partial charge < -0.3 is 14.2 Å². The van der Waals surface area contributed by atoms with E-state index in [-0.39, 0.29) is 39.9 Å². The SMILES string of the molecule is CC(=O)OCC1CC2O[C@@]23C2CC[C@@]4(C)CC(OC(C)=O)CC[C@]4(C)C2CC[C@]13C. The molecule has 0 aromatic heterocycles. The van der Waals surface area contributed by atoms with Crippen LogP contribution < -0.4 is 0 Å². The van der Waals surface area contributed by atoms with Gasteiger partial charge >= 0.3 is 11.9 Å². The van der Waals surface area contributed by atoms with E-state index in [1.165, 1.54) is 33.1 Å². The molecule has 30 heavy (non-hydrogen) atoms. The van der Waals surface area contributed by atoms with Crippen molar-refractivity contribution in [2.45, 2.75) is 104 Å². The minimum atomic E-state index is -0.173. The first kappa shape index (κ1) is 20.8. The molecular weight excluding hydrogens is 380 g/mol. The van der Waals surface area contributed by atoms with Crippen molar-refractivity contribution in [3.05, 3.63) is 0 Å². The van der Waals surface area contributed by atoms with Gasteiger partial charge in [0.2, 0.25) is 0 Å². The van der Waals surface area contributed by atoms with Crippen molar-refractivity contribution in [2.75, 3.05) is 6.61 Å². The van der Waals surface area contributed by atoms with Crippen molar-refractivity contribution < 1.29 is 23.8 Å². The van der Waals surface area contributed by atoms with Gasteiger partial charge in [-0.15, -0.1) is 0 Å². The number of ether oxygens (including phenoxy) is 3. The summed E-state index contributed by atoms with van der Waals surface area (Å²) in [5.74, 6) is 1.37. The molecule has 1 heterocycles. The Morgan fingerprint density at radius 3 is 2.33 bits per heavy atom. The summed E-state index contributed by atoms with van der Waals surface area (Å²) >= 11 is 0. The van der Waals surface area contributed by atoms with Crippen LogP contribution in [-0.2, 0) is 23.8 Å². The summed E-state index contributed by atoms with van der Waals surface area (Å²) in [6.45, 7) is 11.0. The van der Waals surface area contributed by atoms with Crippen molar-refractivity contribution >= 4 is 11.9 Å². The quantitative estimate of drug-likeness (QED) is 0.493. The van der Waals surface area contributed by atoms with E-state index in [0.29, 0.717) is 30.5 Å². The van der Waals surface area contributed by atoms with E-state index in [2.05, 4.69) is 20.8 Å². The molecule has 0 aromatic carbocycles. The second kappa shape index (κ2) is 6.46. The van der Waals surface area contributed by atoms with Gasteiger partial charge in [0.05, 0.1) is 12.7 Å². The summed E-state index contributed by atoms with van der Waals surface area (Å²) in [6.07, 6.45) is 9.37. The highest BCUT2D eigenvalue weighted by Gasteiger charge is 2.81. The van der Waals surface area contributed by atoms with Gasteiger partial charge in [0.25, 0.3) is 0 Å². The molecule has 4 saturated carbocycles. The van der Waals surface area contributed by atoms with Gasteiger partial charge in [-0.25, -0.2) is 0 Å². The van der Waals surface area contributed by atoms with E-state index in [1.54, 1.807) is 0 Å². The van der Waals surface area contributed by atoms with Crippen LogP contribution in [-0.4, -0.2) is 36.4 Å². The molecule has 5 unspecified atom stereocenters. The fraction of sp³-hybridized carbons (Fsp3) is 0.920. The summed E-state index contributed by atoms with van der Waals surface area (Å²) < 4.78 is 17.7. The summed E-state index contributed by atoms with van der Waals surface area (Å²) in [5.41, 5.74) is 0.606. The van der Waals surface area contributed by atoms with E-state index in [0.717, 1.165) is 32.1 Å². The highest BCUT2D eigenvalue weighted by Crippen LogP contribution is 2.77. The van der Waals surface area contributed by atoms with Crippen molar-refractivity contribution in [1.82, 2.24) is 0 Å². The minimum Gasteiger partial charge on any atom is -0.466 e. The molecule has 0 amide bonds. The van der Waals surface area contributed by atoms with E-state index < -0.39 is 0 Å². The molecule has 0 bridgehead atoms. The molecule has 5 aliphatic rings. The molecule has 5 fully saturated rings. The number of hydrogen-bond donors (Lipinski definition) is 0. The lowest BCUT2D eigenvalue weighted by Gasteiger charge is -2.65. The molecule has 1 aliphatic heterocycles. The number of carbonyl (C=O) groups excluding carboxylic acids is 2. The average Bonchev–Trinajstić information content (AvgIpc) is 3.31. The molecule has 5 nitrogen and oxygen atoms in total. The van der Waals surface area contributed by atoms with E-state index in [4.69, 9.17) is 14.2 Å². The number of fused-ring (bicyclic) bond motifs is 3. The highest BCUT2D eigenvalue weighted by molar-refractivity contribution is 5.66. The Bertz CT molecular complexity index is 763. The van der Waals surface area contributed by atoms with Crippen molar-refractivity contribution in [1.29, 1.82) is 0 Å². The summed E-state index contributed by atoms with van der Waals surface area (Å²) in [5, 5.41) is 0. The standard InChI is InChI=1S/C25H38O5/c1-15(26)28-14-17-12-21-25(30-21)20-7-9-22(3)13-18(29-16(2)27)6-10-24(22,5)19(20)8-11-23(17,25)4/h17-21H,6-14H2,1-5H3/t17?,18?,19?,20?,21?,22-,23+,24+,25-/m0/s1. The maximum atomic E-state index is 11.5. The molecule has 0 radical (unpaired) electrons. The van der Waals surface area contributed by atoms with Crippen LogP contribution in [0.2, 0.25) is 0 Å². The Morgan fingerprint density at radius 1 is 0.933 bits per heavy atom. The molecule has 1 spiro atoms. The lowest BCUT2D eigenvalue weighted by atomic mass is 9.40. The Morgan fingerprint density at radius 2 is 1.63 bits per heavy atom. The molecule has 1 saturated heterocycles. The normalized spacial score (nSPS) is 53.6. The number of hydrogen-bond acceptors (Lipinski definition) is 5. The zero-order valence-corrected chi connectivity index (χ0v) is 19.3. The summed E-state index contributed by atoms with van der Waals surface area (Å²) in [7, 11) is 0. The molecular formula is C25H38O5. The fourth-order valence-corrected chi connectivity index (χ4v) is 8.95. The molecule has 0 aromatic rings. The second-order valence-electron chi connectivity index (χ2n) is 11.8. The minimum absolute atomic E-state index is 0.00218. The molecule has 9 atom stereocenters. The third-order valence-electron chi connectivity index (χ3n) is 10.8. The number of epoxide rings is 1. The lowest BCUT2D eigenvalue weighted by Crippen LogP contribution is -2.62. The van der Waals surface area contributed by atoms with Gasteiger partial charge in [-0.2, -0.15) is 0 Å². The zero-order chi connectivity index (χ0) is 21.5. The number of rotatable bonds is 3. The van der Waals surface area contributed by atoms with Crippen LogP contribution in [0.4, 0.5) is 0 Å². The van der Waals surface area contributed by atoms with Crippen LogP contribution in [0.3, 0.4) is 0 Å². The fourth-order valence-electron chi connectivity index (χ4n) is 8.95. The van der Waals surface area contributed by atoms with E-state index in [9.17, 15) is 9.59 Å². The first-order chi connectivity index (χ1) is 14.1. The van der Waals surface area contributed by atoms with Gasteiger partial charge in [0.15, 0.2) is 0 Å². The zero-order valence-electron chi connectivity index (χ0n) is 19.3. The van der Waals surface area contributed by atoms with Crippen LogP contribution in [0, 0.1) is 34.0 Å². The van der Waals surface area contributed by atoms with Crippen LogP contribution in [0.1, 0.15) is 86.0 Å². The van der Waals surface area contributed by atoms with Gasteiger partial charge in [0.1, 0.15) is 11.7 Å².